The molecule has 15 heavy (non-hydrogen) atoms. The van der Waals surface area contributed by atoms with E-state index in [1.54, 1.807) is 0 Å². The van der Waals surface area contributed by atoms with Crippen molar-refractivity contribution in [1.29, 1.82) is 0 Å². The normalized spacial score (nSPS) is 10.2. The summed E-state index contributed by atoms with van der Waals surface area (Å²) in [4.78, 5) is 14.7. The van der Waals surface area contributed by atoms with Gasteiger partial charge in [-0.3, -0.25) is 9.78 Å². The van der Waals surface area contributed by atoms with E-state index in [1.807, 2.05) is 0 Å². The summed E-state index contributed by atoms with van der Waals surface area (Å²) in [6.07, 6.45) is 3.91. The third-order valence-electron chi connectivity index (χ3n) is 1.95. The summed E-state index contributed by atoms with van der Waals surface area (Å²) < 4.78 is 18.2. The van der Waals surface area contributed by atoms with Crippen LogP contribution in [0.4, 0.5) is 4.39 Å². The maximum Gasteiger partial charge on any atom is 0.285 e. The summed E-state index contributed by atoms with van der Waals surface area (Å²) in [5, 5.41) is 0. The van der Waals surface area contributed by atoms with Crippen molar-refractivity contribution in [2.45, 2.75) is 0 Å². The van der Waals surface area contributed by atoms with Gasteiger partial charge in [-0.2, -0.15) is 0 Å². The average molecular weight is 206 g/mol. The fraction of sp³-hybridized carbons (Fsp3) is 0. The van der Waals surface area contributed by atoms with Crippen LogP contribution in [0.5, 0.6) is 0 Å². The first kappa shape index (κ1) is 9.39. The van der Waals surface area contributed by atoms with E-state index in [0.717, 1.165) is 0 Å². The van der Waals surface area contributed by atoms with E-state index >= 15 is 0 Å². The van der Waals surface area contributed by atoms with Crippen molar-refractivity contribution in [2.24, 2.45) is 5.73 Å². The Balaban J connectivity index is 2.59. The van der Waals surface area contributed by atoms with Gasteiger partial charge in [0.25, 0.3) is 5.91 Å². The molecule has 0 saturated heterocycles. The zero-order valence-electron chi connectivity index (χ0n) is 7.61. The minimum atomic E-state index is -0.738. The maximum atomic E-state index is 13.4. The number of aromatic nitrogens is 1. The third-order valence-corrected chi connectivity index (χ3v) is 1.95. The number of carbonyl (C=O) groups excluding carboxylic acids is 1. The van der Waals surface area contributed by atoms with Gasteiger partial charge in [0.2, 0.25) is 0 Å². The van der Waals surface area contributed by atoms with Gasteiger partial charge in [0.05, 0.1) is 6.26 Å². The highest BCUT2D eigenvalue weighted by molar-refractivity contribution is 5.97. The molecule has 0 aliphatic rings. The van der Waals surface area contributed by atoms with Crippen LogP contribution >= 0.6 is 0 Å². The molecule has 0 saturated carbocycles. The van der Waals surface area contributed by atoms with Crippen LogP contribution < -0.4 is 5.73 Å². The first-order valence-electron chi connectivity index (χ1n) is 4.17. The molecule has 0 fully saturated rings. The maximum absolute atomic E-state index is 13.4. The van der Waals surface area contributed by atoms with Crippen molar-refractivity contribution in [3.63, 3.8) is 0 Å². The fourth-order valence-corrected chi connectivity index (χ4v) is 1.29. The quantitative estimate of drug-likeness (QED) is 0.810. The Labute approximate surface area is 84.5 Å². The van der Waals surface area contributed by atoms with Crippen molar-refractivity contribution in [3.8, 4) is 11.1 Å². The monoisotopic (exact) mass is 206 g/mol. The molecule has 2 N–H and O–H groups in total. The summed E-state index contributed by atoms with van der Waals surface area (Å²) in [6, 6.07) is 2.67. The SMILES string of the molecule is NC(=O)c1occc1-c1cnccc1F. The zero-order valence-corrected chi connectivity index (χ0v) is 7.61. The predicted molar refractivity (Wildman–Crippen MR) is 50.4 cm³/mol. The molecule has 0 atom stereocenters. The predicted octanol–water partition coefficient (Wildman–Crippen LogP) is 1.58. The number of halogens is 1. The van der Waals surface area contributed by atoms with Crippen LogP contribution in [0.25, 0.3) is 11.1 Å². The minimum absolute atomic E-state index is 0.0677. The smallest absolute Gasteiger partial charge is 0.285 e. The van der Waals surface area contributed by atoms with E-state index in [1.165, 1.54) is 30.8 Å². The molecule has 5 heteroatoms. The molecule has 2 aromatic rings. The van der Waals surface area contributed by atoms with E-state index in [-0.39, 0.29) is 11.3 Å². The summed E-state index contributed by atoms with van der Waals surface area (Å²) in [6.45, 7) is 0. The lowest BCUT2D eigenvalue weighted by Crippen LogP contribution is -2.11. The number of furan rings is 1. The lowest BCUT2D eigenvalue weighted by atomic mass is 10.1. The molecule has 2 aromatic heterocycles. The van der Waals surface area contributed by atoms with Gasteiger partial charge < -0.3 is 10.2 Å². The molecular weight excluding hydrogens is 199 g/mol. The van der Waals surface area contributed by atoms with Gasteiger partial charge in [-0.1, -0.05) is 0 Å². The second-order valence-corrected chi connectivity index (χ2v) is 2.88. The Bertz CT molecular complexity index is 508. The van der Waals surface area contributed by atoms with Crippen LogP contribution in [0.3, 0.4) is 0 Å². The Hall–Kier alpha value is -2.17. The molecule has 1 amide bonds. The van der Waals surface area contributed by atoms with Crippen LogP contribution in [0.1, 0.15) is 10.6 Å². The molecule has 0 radical (unpaired) electrons. The van der Waals surface area contributed by atoms with E-state index in [0.29, 0.717) is 5.56 Å². The van der Waals surface area contributed by atoms with Crippen LogP contribution in [-0.4, -0.2) is 10.9 Å². The fourth-order valence-electron chi connectivity index (χ4n) is 1.29. The average Bonchev–Trinajstić information content (AvgIpc) is 2.67. The highest BCUT2D eigenvalue weighted by atomic mass is 19.1. The van der Waals surface area contributed by atoms with Crippen molar-refractivity contribution in [3.05, 3.63) is 42.4 Å². The molecule has 76 valence electrons. The second-order valence-electron chi connectivity index (χ2n) is 2.88. The number of hydrogen-bond acceptors (Lipinski definition) is 3. The Morgan fingerprint density at radius 1 is 1.40 bits per heavy atom. The van der Waals surface area contributed by atoms with Gasteiger partial charge >= 0.3 is 0 Å². The van der Waals surface area contributed by atoms with E-state index in [9.17, 15) is 9.18 Å². The van der Waals surface area contributed by atoms with Crippen molar-refractivity contribution < 1.29 is 13.6 Å². The molecule has 0 aromatic carbocycles. The summed E-state index contributed by atoms with van der Waals surface area (Å²) in [5.41, 5.74) is 5.58. The number of nitrogens with zero attached hydrogens (tertiary/aromatic N) is 1. The lowest BCUT2D eigenvalue weighted by molar-refractivity contribution is 0.0975. The van der Waals surface area contributed by atoms with Crippen molar-refractivity contribution in [2.75, 3.05) is 0 Å². The molecule has 0 spiro atoms. The topological polar surface area (TPSA) is 69.1 Å². The molecular formula is C10H7FN2O2. The number of pyridine rings is 1. The molecule has 0 unspecified atom stereocenters. The number of primary amides is 1. The standard InChI is InChI=1S/C10H7FN2O2/c11-8-1-3-13-5-7(8)6-2-4-15-9(6)10(12)14/h1-5H,(H2,12,14). The molecule has 0 aliphatic carbocycles. The summed E-state index contributed by atoms with van der Waals surface area (Å²) in [5.74, 6) is -1.28. The number of amides is 1. The molecule has 2 rings (SSSR count). The first-order chi connectivity index (χ1) is 7.20. The number of hydrogen-bond donors (Lipinski definition) is 1. The van der Waals surface area contributed by atoms with E-state index in [2.05, 4.69) is 4.98 Å². The number of rotatable bonds is 2. The van der Waals surface area contributed by atoms with Gasteiger partial charge in [-0.25, -0.2) is 4.39 Å². The van der Waals surface area contributed by atoms with Crippen LogP contribution in [0.15, 0.2) is 35.2 Å². The van der Waals surface area contributed by atoms with E-state index < -0.39 is 11.7 Å². The summed E-state index contributed by atoms with van der Waals surface area (Å²) in [7, 11) is 0. The van der Waals surface area contributed by atoms with Crippen LogP contribution in [0.2, 0.25) is 0 Å². The molecule has 4 nitrogen and oxygen atoms in total. The second kappa shape index (κ2) is 3.53. The van der Waals surface area contributed by atoms with E-state index in [4.69, 9.17) is 10.2 Å². The molecule has 0 aliphatic heterocycles. The van der Waals surface area contributed by atoms with Gasteiger partial charge in [0.1, 0.15) is 5.82 Å². The van der Waals surface area contributed by atoms with Crippen LogP contribution in [0, 0.1) is 5.82 Å². The van der Waals surface area contributed by atoms with Gasteiger partial charge in [0, 0.05) is 23.5 Å². The lowest BCUT2D eigenvalue weighted by Gasteiger charge is -2.00. The Morgan fingerprint density at radius 2 is 2.20 bits per heavy atom. The van der Waals surface area contributed by atoms with Crippen LogP contribution in [-0.2, 0) is 0 Å². The van der Waals surface area contributed by atoms with Crippen molar-refractivity contribution in [1.82, 2.24) is 4.98 Å². The van der Waals surface area contributed by atoms with Gasteiger partial charge in [0.15, 0.2) is 5.76 Å². The highest BCUT2D eigenvalue weighted by Crippen LogP contribution is 2.25. The van der Waals surface area contributed by atoms with Crippen molar-refractivity contribution >= 4 is 5.91 Å². The number of carbonyl (C=O) groups is 1. The summed E-state index contributed by atoms with van der Waals surface area (Å²) >= 11 is 0. The zero-order chi connectivity index (χ0) is 10.8. The third kappa shape index (κ3) is 1.59. The Morgan fingerprint density at radius 3 is 2.87 bits per heavy atom. The van der Waals surface area contributed by atoms with Gasteiger partial charge in [-0.15, -0.1) is 0 Å². The highest BCUT2D eigenvalue weighted by Gasteiger charge is 2.16. The first-order valence-corrected chi connectivity index (χ1v) is 4.17. The Kier molecular flexibility index (Phi) is 2.21. The molecule has 2 heterocycles. The minimum Gasteiger partial charge on any atom is -0.459 e. The molecule has 0 bridgehead atoms. The van der Waals surface area contributed by atoms with Gasteiger partial charge in [-0.05, 0) is 12.1 Å². The number of nitrogens with two attached hydrogens (primary N) is 1. The largest absolute Gasteiger partial charge is 0.459 e.